The number of benzene rings is 1. The van der Waals surface area contributed by atoms with Gasteiger partial charge >= 0.3 is 6.18 Å². The monoisotopic (exact) mass is 608 g/mol. The number of halogens is 4. The number of hydrogen-bond acceptors (Lipinski definition) is 7. The van der Waals surface area contributed by atoms with E-state index in [1.807, 2.05) is 0 Å². The number of ether oxygens (including phenoxy) is 1. The van der Waals surface area contributed by atoms with Gasteiger partial charge in [-0.1, -0.05) is 29.8 Å². The lowest BCUT2D eigenvalue weighted by Gasteiger charge is -2.40. The molecule has 226 valence electrons. The highest BCUT2D eigenvalue weighted by atomic mass is 35.5. The summed E-state index contributed by atoms with van der Waals surface area (Å²) < 4.78 is 45.6. The minimum atomic E-state index is -4.67. The van der Waals surface area contributed by atoms with Gasteiger partial charge in [0, 0.05) is 42.8 Å². The standard InChI is InChI=1S/C28H32ClF3N6O4/c1-26(2,33)24(40)35-21(15-42-14-18-6-5-7-19(29)12-18)23(39)37-11-9-22-27(16-37,13-20-8-3-4-10-34-20)25(41)38(36-22)17-28(30,31)32/h3-8,10,12,21H,9,11,13-17,33H2,1-2H3,(H,35,40)/t21-,27?/m1/s1. The van der Waals surface area contributed by atoms with Gasteiger partial charge < -0.3 is 20.7 Å². The number of fused-ring (bicyclic) bond motifs is 1. The first kappa shape index (κ1) is 31.4. The average molecular weight is 609 g/mol. The predicted molar refractivity (Wildman–Crippen MR) is 148 cm³/mol. The molecule has 2 aliphatic rings. The van der Waals surface area contributed by atoms with Crippen LogP contribution in [0, 0.1) is 5.41 Å². The molecule has 4 rings (SSSR count). The minimum Gasteiger partial charge on any atom is -0.374 e. The van der Waals surface area contributed by atoms with Crippen molar-refractivity contribution in [2.75, 3.05) is 26.2 Å². The average Bonchev–Trinajstić information content (AvgIpc) is 3.16. The zero-order valence-corrected chi connectivity index (χ0v) is 23.9. The van der Waals surface area contributed by atoms with Crippen molar-refractivity contribution in [1.82, 2.24) is 20.2 Å². The number of hydrazone groups is 1. The van der Waals surface area contributed by atoms with Crippen LogP contribution in [0.1, 0.15) is 31.5 Å². The molecule has 42 heavy (non-hydrogen) atoms. The Kier molecular flexibility index (Phi) is 9.24. The van der Waals surface area contributed by atoms with Crippen LogP contribution in [0.2, 0.25) is 5.02 Å². The molecule has 0 aliphatic carbocycles. The maximum absolute atomic E-state index is 13.9. The number of likely N-dealkylation sites (tertiary alicyclic amines) is 1. The third-order valence-electron chi connectivity index (χ3n) is 7.00. The van der Waals surface area contributed by atoms with E-state index in [9.17, 15) is 27.6 Å². The Morgan fingerprint density at radius 1 is 1.21 bits per heavy atom. The topological polar surface area (TPSA) is 130 Å². The van der Waals surface area contributed by atoms with Gasteiger partial charge in [-0.3, -0.25) is 19.4 Å². The van der Waals surface area contributed by atoms with Gasteiger partial charge in [0.2, 0.25) is 11.8 Å². The first-order chi connectivity index (χ1) is 19.7. The minimum absolute atomic E-state index is 0.0538. The summed E-state index contributed by atoms with van der Waals surface area (Å²) in [4.78, 5) is 45.8. The van der Waals surface area contributed by atoms with E-state index in [1.54, 1.807) is 42.5 Å². The molecular weight excluding hydrogens is 577 g/mol. The zero-order chi connectivity index (χ0) is 30.7. The second kappa shape index (κ2) is 12.4. The fourth-order valence-corrected chi connectivity index (χ4v) is 5.14. The molecule has 2 atom stereocenters. The molecule has 3 N–H and O–H groups in total. The van der Waals surface area contributed by atoms with Crippen molar-refractivity contribution in [1.29, 1.82) is 0 Å². The third-order valence-corrected chi connectivity index (χ3v) is 7.23. The van der Waals surface area contributed by atoms with Crippen LogP contribution >= 0.6 is 11.6 Å². The highest BCUT2D eigenvalue weighted by molar-refractivity contribution is 6.30. The Bertz CT molecular complexity index is 1350. The molecule has 1 aromatic heterocycles. The van der Waals surface area contributed by atoms with Crippen LogP contribution in [-0.2, 0) is 32.1 Å². The molecular formula is C28H32ClF3N6O4. The number of nitrogens with one attached hydrogen (secondary N) is 1. The molecule has 1 unspecified atom stereocenters. The summed E-state index contributed by atoms with van der Waals surface area (Å²) in [5.74, 6) is -2.04. The number of amides is 3. The van der Waals surface area contributed by atoms with Crippen LogP contribution in [0.15, 0.2) is 53.8 Å². The molecule has 0 spiro atoms. The van der Waals surface area contributed by atoms with Crippen LogP contribution in [0.3, 0.4) is 0 Å². The molecule has 0 bridgehead atoms. The van der Waals surface area contributed by atoms with Gasteiger partial charge in [-0.05, 0) is 43.7 Å². The number of nitrogens with zero attached hydrogens (tertiary/aromatic N) is 4. The molecule has 3 heterocycles. The van der Waals surface area contributed by atoms with E-state index in [1.165, 1.54) is 24.9 Å². The molecule has 0 saturated carbocycles. The SMILES string of the molecule is CC(C)(N)C(=O)N[C@H](COCc1cccc(Cl)c1)C(=O)N1CCC2=NN(CC(F)(F)F)C(=O)C2(Cc2ccccn2)C1. The highest BCUT2D eigenvalue weighted by Gasteiger charge is 2.56. The van der Waals surface area contributed by atoms with Gasteiger partial charge in [-0.25, -0.2) is 5.01 Å². The number of aromatic nitrogens is 1. The van der Waals surface area contributed by atoms with Crippen LogP contribution in [0.4, 0.5) is 13.2 Å². The second-order valence-corrected chi connectivity index (χ2v) is 11.4. The van der Waals surface area contributed by atoms with Crippen molar-refractivity contribution in [3.63, 3.8) is 0 Å². The van der Waals surface area contributed by atoms with Crippen molar-refractivity contribution in [2.45, 2.75) is 51.1 Å². The van der Waals surface area contributed by atoms with Crippen LogP contribution in [0.5, 0.6) is 0 Å². The normalized spacial score (nSPS) is 19.8. The Morgan fingerprint density at radius 2 is 1.98 bits per heavy atom. The van der Waals surface area contributed by atoms with Crippen molar-refractivity contribution >= 4 is 35.0 Å². The fraction of sp³-hybridized carbons (Fsp3) is 0.464. The number of pyridine rings is 1. The lowest BCUT2D eigenvalue weighted by molar-refractivity contribution is -0.164. The number of carbonyl (C=O) groups excluding carboxylic acids is 3. The van der Waals surface area contributed by atoms with E-state index in [0.717, 1.165) is 5.56 Å². The molecule has 2 aromatic rings. The Morgan fingerprint density at radius 3 is 2.62 bits per heavy atom. The van der Waals surface area contributed by atoms with Gasteiger partial charge in [0.05, 0.1) is 24.5 Å². The number of rotatable bonds is 10. The maximum atomic E-state index is 13.9. The number of alkyl halides is 3. The van der Waals surface area contributed by atoms with Gasteiger partial charge in [-0.15, -0.1) is 0 Å². The van der Waals surface area contributed by atoms with E-state index < -0.39 is 47.4 Å². The highest BCUT2D eigenvalue weighted by Crippen LogP contribution is 2.39. The van der Waals surface area contributed by atoms with E-state index >= 15 is 0 Å². The first-order valence-corrected chi connectivity index (χ1v) is 13.6. The van der Waals surface area contributed by atoms with Crippen molar-refractivity contribution < 1.29 is 32.3 Å². The van der Waals surface area contributed by atoms with Crippen molar-refractivity contribution in [3.05, 3.63) is 64.9 Å². The lowest BCUT2D eigenvalue weighted by atomic mass is 9.74. The quantitative estimate of drug-likeness (QED) is 0.427. The summed E-state index contributed by atoms with van der Waals surface area (Å²) in [7, 11) is 0. The third kappa shape index (κ3) is 7.44. The molecule has 14 heteroatoms. The maximum Gasteiger partial charge on any atom is 0.408 e. The molecule has 1 fully saturated rings. The predicted octanol–water partition coefficient (Wildman–Crippen LogP) is 2.70. The summed E-state index contributed by atoms with van der Waals surface area (Å²) in [6, 6.07) is 10.8. The van der Waals surface area contributed by atoms with E-state index in [2.05, 4.69) is 15.4 Å². The van der Waals surface area contributed by atoms with Crippen LogP contribution in [0.25, 0.3) is 0 Å². The Hall–Kier alpha value is -3.55. The van der Waals surface area contributed by atoms with E-state index in [0.29, 0.717) is 15.7 Å². The molecule has 2 aliphatic heterocycles. The Labute approximate surface area is 246 Å². The number of hydrogen-bond donors (Lipinski definition) is 2. The summed E-state index contributed by atoms with van der Waals surface area (Å²) in [6.07, 6.45) is -3.15. The fourth-order valence-electron chi connectivity index (χ4n) is 4.92. The second-order valence-electron chi connectivity index (χ2n) is 11.0. The van der Waals surface area contributed by atoms with Gasteiger partial charge in [-0.2, -0.15) is 18.3 Å². The summed E-state index contributed by atoms with van der Waals surface area (Å²) in [5.41, 5.74) is 4.55. The van der Waals surface area contributed by atoms with E-state index in [4.69, 9.17) is 22.1 Å². The number of nitrogens with two attached hydrogens (primary N) is 1. The largest absolute Gasteiger partial charge is 0.408 e. The molecule has 10 nitrogen and oxygen atoms in total. The summed E-state index contributed by atoms with van der Waals surface area (Å²) in [6.45, 7) is 1.10. The molecule has 3 amide bonds. The van der Waals surface area contributed by atoms with Crippen molar-refractivity contribution in [3.8, 4) is 0 Å². The summed E-state index contributed by atoms with van der Waals surface area (Å²) in [5, 5.41) is 7.61. The molecule has 0 radical (unpaired) electrons. The Balaban J connectivity index is 1.58. The zero-order valence-electron chi connectivity index (χ0n) is 23.2. The smallest absolute Gasteiger partial charge is 0.374 e. The van der Waals surface area contributed by atoms with E-state index in [-0.39, 0.29) is 44.9 Å². The first-order valence-electron chi connectivity index (χ1n) is 13.3. The van der Waals surface area contributed by atoms with Gasteiger partial charge in [0.15, 0.2) is 0 Å². The summed E-state index contributed by atoms with van der Waals surface area (Å²) >= 11 is 6.04. The van der Waals surface area contributed by atoms with Crippen LogP contribution in [-0.4, -0.2) is 82.3 Å². The number of carbonyl (C=O) groups is 3. The number of piperidine rings is 1. The van der Waals surface area contributed by atoms with Gasteiger partial charge in [0.25, 0.3) is 5.91 Å². The van der Waals surface area contributed by atoms with Crippen LogP contribution < -0.4 is 11.1 Å². The molecule has 1 aromatic carbocycles. The lowest BCUT2D eigenvalue weighted by Crippen LogP contribution is -2.61. The molecule has 1 saturated heterocycles. The van der Waals surface area contributed by atoms with Gasteiger partial charge in [0.1, 0.15) is 18.0 Å². The van der Waals surface area contributed by atoms with Crippen molar-refractivity contribution in [2.24, 2.45) is 16.3 Å².